The highest BCUT2D eigenvalue weighted by atomic mass is 16.5. The summed E-state index contributed by atoms with van der Waals surface area (Å²) in [5.41, 5.74) is 1.21. The van der Waals surface area contributed by atoms with E-state index in [1.54, 1.807) is 13.4 Å². The average molecular weight is 176 g/mol. The smallest absolute Gasteiger partial charge is 0.133 e. The molecule has 2 nitrogen and oxygen atoms in total. The number of hydrogen-bond donors (Lipinski definition) is 0. The van der Waals surface area contributed by atoms with Gasteiger partial charge in [-0.1, -0.05) is 13.0 Å². The molecule has 0 aliphatic carbocycles. The van der Waals surface area contributed by atoms with Gasteiger partial charge in [0.2, 0.25) is 0 Å². The molecule has 13 heavy (non-hydrogen) atoms. The number of allylic oxidation sites excluding steroid dienone is 1. The van der Waals surface area contributed by atoms with Crippen LogP contribution in [0, 0.1) is 0 Å². The zero-order chi connectivity index (χ0) is 9.26. The highest BCUT2D eigenvalue weighted by Crippen LogP contribution is 2.34. The molecule has 0 saturated heterocycles. The number of hydrogen-bond acceptors (Lipinski definition) is 2. The Bertz CT molecular complexity index is 342. The zero-order valence-corrected chi connectivity index (χ0v) is 7.78. The molecule has 0 spiro atoms. The first kappa shape index (κ1) is 8.17. The third-order valence-corrected chi connectivity index (χ3v) is 2.27. The van der Waals surface area contributed by atoms with E-state index in [-0.39, 0.29) is 0 Å². The Morgan fingerprint density at radius 3 is 3.00 bits per heavy atom. The van der Waals surface area contributed by atoms with Crippen LogP contribution in [0.2, 0.25) is 0 Å². The van der Waals surface area contributed by atoms with Crippen LogP contribution in [0.3, 0.4) is 0 Å². The summed E-state index contributed by atoms with van der Waals surface area (Å²) in [4.78, 5) is 0. The van der Waals surface area contributed by atoms with E-state index in [1.165, 1.54) is 5.56 Å². The van der Waals surface area contributed by atoms with E-state index in [9.17, 15) is 0 Å². The molecular formula is C11H12O2. The fourth-order valence-electron chi connectivity index (χ4n) is 1.45. The second-order valence-electron chi connectivity index (χ2n) is 3.14. The van der Waals surface area contributed by atoms with E-state index in [1.807, 2.05) is 24.3 Å². The van der Waals surface area contributed by atoms with Crippen molar-refractivity contribution in [3.05, 3.63) is 36.1 Å². The van der Waals surface area contributed by atoms with Gasteiger partial charge in [0, 0.05) is 17.5 Å². The zero-order valence-electron chi connectivity index (χ0n) is 7.78. The van der Waals surface area contributed by atoms with E-state index in [2.05, 4.69) is 6.92 Å². The molecule has 1 aliphatic heterocycles. The summed E-state index contributed by atoms with van der Waals surface area (Å²) in [7, 11) is 1.66. The first-order chi connectivity index (χ1) is 6.31. The number of benzene rings is 1. The summed E-state index contributed by atoms with van der Waals surface area (Å²) >= 11 is 0. The maximum absolute atomic E-state index is 5.38. The maximum atomic E-state index is 5.38. The fourth-order valence-corrected chi connectivity index (χ4v) is 1.45. The largest absolute Gasteiger partial charge is 0.497 e. The van der Waals surface area contributed by atoms with E-state index in [4.69, 9.17) is 9.47 Å². The van der Waals surface area contributed by atoms with Crippen molar-refractivity contribution in [3.63, 3.8) is 0 Å². The van der Waals surface area contributed by atoms with Crippen LogP contribution in [0.15, 0.2) is 30.5 Å². The molecule has 1 atom stereocenters. The molecule has 1 aromatic rings. The van der Waals surface area contributed by atoms with Crippen molar-refractivity contribution in [1.82, 2.24) is 0 Å². The lowest BCUT2D eigenvalue weighted by Crippen LogP contribution is -2.00. The second kappa shape index (κ2) is 3.13. The molecule has 68 valence electrons. The Kier molecular flexibility index (Phi) is 1.97. The van der Waals surface area contributed by atoms with Gasteiger partial charge in [-0.2, -0.15) is 0 Å². The van der Waals surface area contributed by atoms with Gasteiger partial charge in [0.1, 0.15) is 11.5 Å². The molecule has 0 aromatic heterocycles. The molecule has 1 aliphatic rings. The van der Waals surface area contributed by atoms with E-state index in [0.717, 1.165) is 11.5 Å². The Morgan fingerprint density at radius 2 is 2.23 bits per heavy atom. The van der Waals surface area contributed by atoms with Gasteiger partial charge in [-0.3, -0.25) is 0 Å². The lowest BCUT2D eigenvalue weighted by atomic mass is 9.99. The topological polar surface area (TPSA) is 18.5 Å². The van der Waals surface area contributed by atoms with Gasteiger partial charge in [0.05, 0.1) is 13.4 Å². The SMILES string of the molecule is COc1ccc2c(c1)OC=CC2C. The van der Waals surface area contributed by atoms with Crippen LogP contribution in [-0.4, -0.2) is 7.11 Å². The summed E-state index contributed by atoms with van der Waals surface area (Å²) in [6.07, 6.45) is 3.77. The standard InChI is InChI=1S/C11H12O2/c1-8-5-6-13-11-7-9(12-2)3-4-10(8)11/h3-8H,1-2H3. The van der Waals surface area contributed by atoms with Gasteiger partial charge in [0.15, 0.2) is 0 Å². The highest BCUT2D eigenvalue weighted by Gasteiger charge is 2.13. The van der Waals surface area contributed by atoms with Crippen molar-refractivity contribution >= 4 is 0 Å². The van der Waals surface area contributed by atoms with Crippen LogP contribution >= 0.6 is 0 Å². The molecule has 1 unspecified atom stereocenters. The third-order valence-electron chi connectivity index (χ3n) is 2.27. The molecule has 2 heteroatoms. The first-order valence-electron chi connectivity index (χ1n) is 4.32. The summed E-state index contributed by atoms with van der Waals surface area (Å²) in [6.45, 7) is 2.14. The van der Waals surface area contributed by atoms with Crippen LogP contribution in [-0.2, 0) is 0 Å². The predicted octanol–water partition coefficient (Wildman–Crippen LogP) is 2.70. The molecule has 0 radical (unpaired) electrons. The molecular weight excluding hydrogens is 164 g/mol. The van der Waals surface area contributed by atoms with Crippen LogP contribution in [0.1, 0.15) is 18.4 Å². The second-order valence-corrected chi connectivity index (χ2v) is 3.14. The Hall–Kier alpha value is -1.44. The van der Waals surface area contributed by atoms with Gasteiger partial charge >= 0.3 is 0 Å². The van der Waals surface area contributed by atoms with Crippen molar-refractivity contribution in [2.24, 2.45) is 0 Å². The summed E-state index contributed by atoms with van der Waals surface area (Å²) in [5.74, 6) is 2.16. The van der Waals surface area contributed by atoms with Crippen LogP contribution in [0.5, 0.6) is 11.5 Å². The Morgan fingerprint density at radius 1 is 1.38 bits per heavy atom. The van der Waals surface area contributed by atoms with E-state index < -0.39 is 0 Å². The van der Waals surface area contributed by atoms with Crippen molar-refractivity contribution in [3.8, 4) is 11.5 Å². The number of ether oxygens (including phenoxy) is 2. The van der Waals surface area contributed by atoms with Gasteiger partial charge in [-0.15, -0.1) is 0 Å². The van der Waals surface area contributed by atoms with Gasteiger partial charge in [0.25, 0.3) is 0 Å². The number of fused-ring (bicyclic) bond motifs is 1. The number of methoxy groups -OCH3 is 1. The van der Waals surface area contributed by atoms with Crippen molar-refractivity contribution < 1.29 is 9.47 Å². The van der Waals surface area contributed by atoms with Gasteiger partial charge in [-0.05, 0) is 12.1 Å². The maximum Gasteiger partial charge on any atom is 0.133 e. The molecule has 1 aromatic carbocycles. The quantitative estimate of drug-likeness (QED) is 0.655. The minimum Gasteiger partial charge on any atom is -0.497 e. The monoisotopic (exact) mass is 176 g/mol. The van der Waals surface area contributed by atoms with Gasteiger partial charge < -0.3 is 9.47 Å². The van der Waals surface area contributed by atoms with Crippen LogP contribution in [0.25, 0.3) is 0 Å². The van der Waals surface area contributed by atoms with Gasteiger partial charge in [-0.25, -0.2) is 0 Å². The molecule has 0 saturated carbocycles. The fraction of sp³-hybridized carbons (Fsp3) is 0.273. The average Bonchev–Trinajstić information content (AvgIpc) is 2.18. The third kappa shape index (κ3) is 1.39. The molecule has 2 rings (SSSR count). The van der Waals surface area contributed by atoms with E-state index in [0.29, 0.717) is 5.92 Å². The summed E-state index contributed by atoms with van der Waals surface area (Å²) in [5, 5.41) is 0. The predicted molar refractivity (Wildman–Crippen MR) is 51.2 cm³/mol. The van der Waals surface area contributed by atoms with Crippen LogP contribution < -0.4 is 9.47 Å². The minimum atomic E-state index is 0.426. The lowest BCUT2D eigenvalue weighted by Gasteiger charge is -2.17. The molecule has 0 fully saturated rings. The normalized spacial score (nSPS) is 19.1. The Labute approximate surface area is 77.8 Å². The molecule has 1 heterocycles. The number of rotatable bonds is 1. The Balaban J connectivity index is 2.43. The summed E-state index contributed by atoms with van der Waals surface area (Å²) < 4.78 is 10.5. The summed E-state index contributed by atoms with van der Waals surface area (Å²) in [6, 6.07) is 5.91. The van der Waals surface area contributed by atoms with Crippen molar-refractivity contribution in [1.29, 1.82) is 0 Å². The molecule has 0 bridgehead atoms. The molecule has 0 N–H and O–H groups in total. The van der Waals surface area contributed by atoms with Crippen molar-refractivity contribution in [2.45, 2.75) is 12.8 Å². The van der Waals surface area contributed by atoms with E-state index >= 15 is 0 Å². The van der Waals surface area contributed by atoms with Crippen molar-refractivity contribution in [2.75, 3.05) is 7.11 Å². The highest BCUT2D eigenvalue weighted by molar-refractivity contribution is 5.45. The lowest BCUT2D eigenvalue weighted by molar-refractivity contribution is 0.405. The van der Waals surface area contributed by atoms with Crippen LogP contribution in [0.4, 0.5) is 0 Å². The molecule has 0 amide bonds. The first-order valence-corrected chi connectivity index (χ1v) is 4.32. The minimum absolute atomic E-state index is 0.426.